The number of benzene rings is 1. The first-order valence-electron chi connectivity index (χ1n) is 9.17. The van der Waals surface area contributed by atoms with Crippen LogP contribution in [-0.2, 0) is 30.3 Å². The maximum Gasteiger partial charge on any atom is 0.410 e. The van der Waals surface area contributed by atoms with Gasteiger partial charge in [-0.15, -0.1) is 0 Å². The van der Waals surface area contributed by atoms with Crippen LogP contribution >= 0.6 is 0 Å². The quantitative estimate of drug-likeness (QED) is 0.565. The summed E-state index contributed by atoms with van der Waals surface area (Å²) in [6, 6.07) is 8.38. The van der Waals surface area contributed by atoms with E-state index in [0.29, 0.717) is 26.3 Å². The summed E-state index contributed by atoms with van der Waals surface area (Å²) < 4.78 is 20.8. The molecule has 0 bridgehead atoms. The zero-order chi connectivity index (χ0) is 19.9. The molecule has 2 aliphatic heterocycles. The molecule has 152 valence electrons. The van der Waals surface area contributed by atoms with Gasteiger partial charge >= 0.3 is 18.2 Å². The minimum absolute atomic E-state index is 0.0729. The molecule has 2 saturated heterocycles. The molecule has 1 aromatic carbocycles. The fourth-order valence-corrected chi connectivity index (χ4v) is 3.21. The summed E-state index contributed by atoms with van der Waals surface area (Å²) in [4.78, 5) is 39.7. The van der Waals surface area contributed by atoms with Crippen molar-refractivity contribution in [2.45, 2.75) is 25.2 Å². The Hall–Kier alpha value is -2.81. The van der Waals surface area contributed by atoms with E-state index in [2.05, 4.69) is 0 Å². The van der Waals surface area contributed by atoms with Crippen LogP contribution in [0.15, 0.2) is 30.3 Å². The molecule has 0 N–H and O–H groups in total. The Bertz CT molecular complexity index is 691. The molecule has 2 fully saturated rings. The molecule has 0 radical (unpaired) electrons. The summed E-state index contributed by atoms with van der Waals surface area (Å²) >= 11 is 0. The van der Waals surface area contributed by atoms with Gasteiger partial charge in [0.1, 0.15) is 18.8 Å². The first kappa shape index (κ1) is 19.9. The van der Waals surface area contributed by atoms with Crippen LogP contribution in [0.3, 0.4) is 0 Å². The fraction of sp³-hybridized carbons (Fsp3) is 0.526. The number of nitrogens with zero attached hydrogens (tertiary/aromatic N) is 2. The third-order valence-corrected chi connectivity index (χ3v) is 4.71. The minimum atomic E-state index is -0.851. The number of hydrogen-bond acceptors (Lipinski definition) is 7. The van der Waals surface area contributed by atoms with Gasteiger partial charge in [0.25, 0.3) is 0 Å². The first-order chi connectivity index (χ1) is 13.6. The third kappa shape index (κ3) is 4.92. The second-order valence-electron chi connectivity index (χ2n) is 6.57. The van der Waals surface area contributed by atoms with Gasteiger partial charge in [-0.25, -0.2) is 14.4 Å². The van der Waals surface area contributed by atoms with Gasteiger partial charge in [0.2, 0.25) is 0 Å². The van der Waals surface area contributed by atoms with Crippen molar-refractivity contribution in [2.75, 3.05) is 40.0 Å². The number of likely N-dealkylation sites (tertiary alicyclic amines) is 1. The molecule has 28 heavy (non-hydrogen) atoms. The summed E-state index contributed by atoms with van der Waals surface area (Å²) in [6.07, 6.45) is -1.56. The Morgan fingerprint density at radius 2 is 1.82 bits per heavy atom. The lowest BCUT2D eigenvalue weighted by Gasteiger charge is -2.27. The van der Waals surface area contributed by atoms with E-state index in [1.807, 2.05) is 30.3 Å². The van der Waals surface area contributed by atoms with Gasteiger partial charge in [-0.1, -0.05) is 30.3 Å². The van der Waals surface area contributed by atoms with Crippen LogP contribution in [0, 0.1) is 0 Å². The average Bonchev–Trinajstić information content (AvgIpc) is 3.16. The number of carbonyl (C=O) groups is 3. The van der Waals surface area contributed by atoms with Crippen molar-refractivity contribution in [3.8, 4) is 0 Å². The van der Waals surface area contributed by atoms with Crippen LogP contribution in [0.5, 0.6) is 0 Å². The molecule has 2 heterocycles. The standard InChI is InChI=1S/C19H24N2O7/c1-25-17(22)16-11-15(28-18(23)20-7-9-26-10-8-20)12-21(16)19(24)27-13-14-5-3-2-4-6-14/h2-6,15-16H,7-13H2,1H3/t15-,16+/m1/s1. The third-order valence-electron chi connectivity index (χ3n) is 4.71. The zero-order valence-electron chi connectivity index (χ0n) is 15.7. The number of hydrogen-bond donors (Lipinski definition) is 0. The Morgan fingerprint density at radius 3 is 2.50 bits per heavy atom. The van der Waals surface area contributed by atoms with Gasteiger partial charge in [-0.2, -0.15) is 0 Å². The predicted molar refractivity (Wildman–Crippen MR) is 96.4 cm³/mol. The summed E-state index contributed by atoms with van der Waals surface area (Å²) in [5.41, 5.74) is 0.833. The molecular formula is C19H24N2O7. The number of ether oxygens (including phenoxy) is 4. The Labute approximate surface area is 163 Å². The zero-order valence-corrected chi connectivity index (χ0v) is 15.7. The van der Waals surface area contributed by atoms with Crippen molar-refractivity contribution in [1.82, 2.24) is 9.80 Å². The molecule has 3 rings (SSSR count). The number of rotatable bonds is 4. The van der Waals surface area contributed by atoms with E-state index in [0.717, 1.165) is 5.56 Å². The average molecular weight is 392 g/mol. The molecule has 9 heteroatoms. The fourth-order valence-electron chi connectivity index (χ4n) is 3.21. The monoisotopic (exact) mass is 392 g/mol. The highest BCUT2D eigenvalue weighted by Gasteiger charge is 2.43. The molecule has 0 aliphatic carbocycles. The Morgan fingerprint density at radius 1 is 1.11 bits per heavy atom. The summed E-state index contributed by atoms with van der Waals surface area (Å²) in [7, 11) is 1.25. The maximum absolute atomic E-state index is 12.5. The molecule has 2 amide bonds. The van der Waals surface area contributed by atoms with Crippen molar-refractivity contribution in [2.24, 2.45) is 0 Å². The summed E-state index contributed by atoms with van der Waals surface area (Å²) in [6.45, 7) is 1.99. The lowest BCUT2D eigenvalue weighted by atomic mass is 10.2. The molecule has 2 atom stereocenters. The van der Waals surface area contributed by atoms with Crippen LogP contribution in [-0.4, -0.2) is 80.1 Å². The van der Waals surface area contributed by atoms with Crippen LogP contribution in [0.4, 0.5) is 9.59 Å². The van der Waals surface area contributed by atoms with E-state index in [1.165, 1.54) is 12.0 Å². The molecular weight excluding hydrogens is 368 g/mol. The number of amides is 2. The highest BCUT2D eigenvalue weighted by Crippen LogP contribution is 2.23. The Kier molecular flexibility index (Phi) is 6.70. The molecule has 0 aromatic heterocycles. The highest BCUT2D eigenvalue weighted by atomic mass is 16.6. The number of methoxy groups -OCH3 is 1. The van der Waals surface area contributed by atoms with E-state index < -0.39 is 30.3 Å². The number of esters is 1. The van der Waals surface area contributed by atoms with Gasteiger partial charge < -0.3 is 23.8 Å². The largest absolute Gasteiger partial charge is 0.467 e. The van der Waals surface area contributed by atoms with Crippen LogP contribution in [0.1, 0.15) is 12.0 Å². The minimum Gasteiger partial charge on any atom is -0.467 e. The SMILES string of the molecule is COC(=O)[C@@H]1C[C@@H](OC(=O)N2CCOCC2)CN1C(=O)OCc1ccccc1. The molecule has 9 nitrogen and oxygen atoms in total. The molecule has 0 spiro atoms. The van der Waals surface area contributed by atoms with Crippen LogP contribution in [0.2, 0.25) is 0 Å². The van der Waals surface area contributed by atoms with Crippen LogP contribution < -0.4 is 0 Å². The van der Waals surface area contributed by atoms with Gasteiger partial charge in [0.15, 0.2) is 0 Å². The highest BCUT2D eigenvalue weighted by molar-refractivity contribution is 5.82. The van der Waals surface area contributed by atoms with Gasteiger partial charge in [0, 0.05) is 19.5 Å². The lowest BCUT2D eigenvalue weighted by molar-refractivity contribution is -0.145. The second kappa shape index (κ2) is 9.41. The maximum atomic E-state index is 12.5. The van der Waals surface area contributed by atoms with Crippen molar-refractivity contribution >= 4 is 18.2 Å². The molecule has 0 unspecified atom stereocenters. The second-order valence-corrected chi connectivity index (χ2v) is 6.57. The topological polar surface area (TPSA) is 94.6 Å². The Balaban J connectivity index is 1.59. The molecule has 0 saturated carbocycles. The van der Waals surface area contributed by atoms with E-state index in [-0.39, 0.29) is 19.6 Å². The molecule has 2 aliphatic rings. The van der Waals surface area contributed by atoms with Gasteiger partial charge in [0.05, 0.1) is 26.9 Å². The first-order valence-corrected chi connectivity index (χ1v) is 9.17. The smallest absolute Gasteiger partial charge is 0.410 e. The van der Waals surface area contributed by atoms with Crippen molar-refractivity contribution in [3.63, 3.8) is 0 Å². The van der Waals surface area contributed by atoms with E-state index in [1.54, 1.807) is 4.90 Å². The normalized spacial score (nSPS) is 21.9. The number of morpholine rings is 1. The van der Waals surface area contributed by atoms with Crippen molar-refractivity contribution in [1.29, 1.82) is 0 Å². The van der Waals surface area contributed by atoms with Gasteiger partial charge in [-0.05, 0) is 5.56 Å². The summed E-state index contributed by atoms with van der Waals surface area (Å²) in [5, 5.41) is 0. The van der Waals surface area contributed by atoms with E-state index in [9.17, 15) is 14.4 Å². The summed E-state index contributed by atoms with van der Waals surface area (Å²) in [5.74, 6) is -0.568. The van der Waals surface area contributed by atoms with E-state index in [4.69, 9.17) is 18.9 Å². The van der Waals surface area contributed by atoms with Gasteiger partial charge in [-0.3, -0.25) is 4.90 Å². The predicted octanol–water partition coefficient (Wildman–Crippen LogP) is 1.41. The number of carbonyl (C=O) groups excluding carboxylic acids is 3. The van der Waals surface area contributed by atoms with E-state index >= 15 is 0 Å². The van der Waals surface area contributed by atoms with Crippen molar-refractivity contribution in [3.05, 3.63) is 35.9 Å². The van der Waals surface area contributed by atoms with Crippen molar-refractivity contribution < 1.29 is 33.3 Å². The van der Waals surface area contributed by atoms with Crippen LogP contribution in [0.25, 0.3) is 0 Å². The lowest BCUT2D eigenvalue weighted by Crippen LogP contribution is -2.43. The molecule has 1 aromatic rings.